The average Bonchev–Trinajstić information content (AvgIpc) is 3.55. The van der Waals surface area contributed by atoms with Crippen molar-refractivity contribution in [2.75, 3.05) is 12.3 Å². The number of aliphatic hydroxyl groups excluding tert-OH is 1. The Morgan fingerprint density at radius 2 is 1.90 bits per heavy atom. The van der Waals surface area contributed by atoms with Gasteiger partial charge in [0.05, 0.1) is 19.0 Å². The molecule has 13 nitrogen and oxygen atoms in total. The molecule has 0 radical (unpaired) electrons. The number of ether oxygens (including phenoxy) is 2. The summed E-state index contributed by atoms with van der Waals surface area (Å²) in [7, 11) is -4.11. The number of para-hydroxylation sites is 1. The van der Waals surface area contributed by atoms with Crippen LogP contribution in [0.25, 0.3) is 11.2 Å². The van der Waals surface area contributed by atoms with Crippen molar-refractivity contribution < 1.29 is 33.0 Å². The van der Waals surface area contributed by atoms with Crippen LogP contribution < -0.4 is 15.3 Å². The zero-order valence-electron chi connectivity index (χ0n) is 21.6. The molecule has 14 heteroatoms. The van der Waals surface area contributed by atoms with Crippen molar-refractivity contribution >= 4 is 30.7 Å². The lowest BCUT2D eigenvalue weighted by atomic mass is 10.2. The minimum atomic E-state index is -4.11. The number of nitrogen functional groups attached to an aromatic ring is 1. The first-order chi connectivity index (χ1) is 19.3. The van der Waals surface area contributed by atoms with Crippen molar-refractivity contribution in [3.63, 3.8) is 0 Å². The molecule has 0 saturated carbocycles. The number of anilines is 1. The number of nitrogens with two attached hydrogens (primary N) is 1. The summed E-state index contributed by atoms with van der Waals surface area (Å²) in [6.07, 6.45) is 0.503. The lowest BCUT2D eigenvalue weighted by Crippen LogP contribution is -2.35. The highest BCUT2D eigenvalue weighted by Crippen LogP contribution is 2.46. The van der Waals surface area contributed by atoms with Gasteiger partial charge in [0.2, 0.25) is 0 Å². The molecule has 5 atom stereocenters. The van der Waals surface area contributed by atoms with E-state index in [1.165, 1.54) is 19.6 Å². The maximum atomic E-state index is 13.8. The predicted molar refractivity (Wildman–Crippen MR) is 144 cm³/mol. The van der Waals surface area contributed by atoms with Gasteiger partial charge in [0.25, 0.3) is 0 Å². The molecule has 0 aliphatic carbocycles. The van der Waals surface area contributed by atoms with Crippen molar-refractivity contribution in [3.05, 3.63) is 78.9 Å². The Morgan fingerprint density at radius 1 is 1.18 bits per heavy atom. The number of carbonyl (C=O) groups is 1. The number of esters is 1. The summed E-state index contributed by atoms with van der Waals surface area (Å²) in [6, 6.07) is 16.6. The topological polar surface area (TPSA) is 173 Å². The summed E-state index contributed by atoms with van der Waals surface area (Å²) in [4.78, 5) is 25.0. The van der Waals surface area contributed by atoms with Gasteiger partial charge in [0, 0.05) is 6.42 Å². The third-order valence-corrected chi connectivity index (χ3v) is 7.80. The lowest BCUT2D eigenvalue weighted by Gasteiger charge is -2.24. The molecule has 0 spiro atoms. The molecule has 0 amide bonds. The Bertz CT molecular complexity index is 1490. The fraction of sp³-hybridized carbons (Fsp3) is 0.308. The van der Waals surface area contributed by atoms with E-state index in [1.54, 1.807) is 34.9 Å². The number of carbonyl (C=O) groups excluding carboxylic acids is 1. The van der Waals surface area contributed by atoms with Crippen LogP contribution in [0.4, 0.5) is 5.82 Å². The standard InChI is InChI=1S/C26H29N6O7P/c1-17(26(34)36-13-18-8-4-2-5-9-18)31-40(35,39-19-10-6-3-7-11-19)37-14-20-12-21(33)25(38-20)32-16-30-22-23(27)28-15-29-24(22)32/h2-11,15-17,20-21,25,33H,12-14H2,1H3,(H,31,35)(H2,27,28,29)/t17-,20+,21+,25-,40?/m1/s1. The summed E-state index contributed by atoms with van der Waals surface area (Å²) in [5, 5.41) is 13.4. The zero-order chi connectivity index (χ0) is 28.1. The van der Waals surface area contributed by atoms with E-state index in [1.807, 2.05) is 30.3 Å². The van der Waals surface area contributed by atoms with Gasteiger partial charge in [-0.3, -0.25) is 13.9 Å². The van der Waals surface area contributed by atoms with Crippen molar-refractivity contribution in [2.24, 2.45) is 0 Å². The molecule has 4 N–H and O–H groups in total. The molecule has 3 heterocycles. The summed E-state index contributed by atoms with van der Waals surface area (Å²) in [6.45, 7) is 1.35. The van der Waals surface area contributed by atoms with Crippen LogP contribution in [-0.2, 0) is 30.0 Å². The smallest absolute Gasteiger partial charge is 0.459 e. The molecule has 210 valence electrons. The van der Waals surface area contributed by atoms with Crippen LogP contribution in [0.2, 0.25) is 0 Å². The molecule has 1 aliphatic rings. The van der Waals surface area contributed by atoms with E-state index in [0.717, 1.165) is 5.56 Å². The molecular formula is C26H29N6O7P. The molecule has 0 bridgehead atoms. The van der Waals surface area contributed by atoms with Crippen molar-refractivity contribution in [3.8, 4) is 5.75 Å². The monoisotopic (exact) mass is 568 g/mol. The van der Waals surface area contributed by atoms with E-state index in [2.05, 4.69) is 20.0 Å². The first kappa shape index (κ1) is 27.7. The third-order valence-electron chi connectivity index (χ3n) is 6.16. The SMILES string of the molecule is C[C@@H](NP(=O)(OC[C@@H]1C[C@H](O)[C@H](n2cnc3c(N)ncnc32)O1)Oc1ccccc1)C(=O)OCc1ccccc1. The molecule has 1 fully saturated rings. The van der Waals surface area contributed by atoms with Gasteiger partial charge in [-0.2, -0.15) is 5.09 Å². The van der Waals surface area contributed by atoms with Gasteiger partial charge in [-0.05, 0) is 24.6 Å². The van der Waals surface area contributed by atoms with Crippen LogP contribution in [0, 0.1) is 0 Å². The Kier molecular flexibility index (Phi) is 8.38. The van der Waals surface area contributed by atoms with Crippen LogP contribution >= 0.6 is 7.75 Å². The minimum absolute atomic E-state index is 0.0606. The number of benzene rings is 2. The van der Waals surface area contributed by atoms with Crippen LogP contribution in [0.5, 0.6) is 5.75 Å². The number of nitrogens with one attached hydrogen (secondary N) is 1. The highest BCUT2D eigenvalue weighted by Gasteiger charge is 2.39. The van der Waals surface area contributed by atoms with E-state index in [4.69, 9.17) is 24.3 Å². The number of hydrogen-bond donors (Lipinski definition) is 3. The second kappa shape index (κ2) is 12.1. The second-order valence-electron chi connectivity index (χ2n) is 9.18. The maximum Gasteiger partial charge on any atom is 0.459 e. The summed E-state index contributed by atoms with van der Waals surface area (Å²) in [5.74, 6) is -0.154. The lowest BCUT2D eigenvalue weighted by molar-refractivity contribution is -0.146. The van der Waals surface area contributed by atoms with Crippen molar-refractivity contribution in [1.29, 1.82) is 0 Å². The van der Waals surface area contributed by atoms with Gasteiger partial charge in [-0.15, -0.1) is 0 Å². The quantitative estimate of drug-likeness (QED) is 0.179. The van der Waals surface area contributed by atoms with Gasteiger partial charge in [0.15, 0.2) is 17.7 Å². The molecule has 4 aromatic rings. The average molecular weight is 569 g/mol. The minimum Gasteiger partial charge on any atom is -0.460 e. The summed E-state index contributed by atoms with van der Waals surface area (Å²) >= 11 is 0. The van der Waals surface area contributed by atoms with E-state index in [9.17, 15) is 14.5 Å². The second-order valence-corrected chi connectivity index (χ2v) is 10.9. The van der Waals surface area contributed by atoms with Crippen molar-refractivity contribution in [1.82, 2.24) is 24.6 Å². The van der Waals surface area contributed by atoms with Gasteiger partial charge in [0.1, 0.15) is 36.3 Å². The molecule has 5 rings (SSSR count). The van der Waals surface area contributed by atoms with Gasteiger partial charge < -0.3 is 24.8 Å². The molecular weight excluding hydrogens is 539 g/mol. The van der Waals surface area contributed by atoms with Crippen molar-refractivity contribution in [2.45, 2.75) is 44.4 Å². The number of hydrogen-bond acceptors (Lipinski definition) is 11. The number of aromatic nitrogens is 4. The fourth-order valence-corrected chi connectivity index (χ4v) is 5.70. The Hall–Kier alpha value is -3.87. The van der Waals surface area contributed by atoms with E-state index < -0.39 is 38.2 Å². The van der Waals surface area contributed by atoms with Crippen LogP contribution in [0.1, 0.15) is 25.1 Å². The highest BCUT2D eigenvalue weighted by molar-refractivity contribution is 7.52. The van der Waals surface area contributed by atoms with Gasteiger partial charge in [-0.25, -0.2) is 19.5 Å². The van der Waals surface area contributed by atoms with Crippen LogP contribution in [-0.4, -0.2) is 55.5 Å². The molecule has 1 unspecified atom stereocenters. The maximum absolute atomic E-state index is 13.8. The Morgan fingerprint density at radius 3 is 2.65 bits per heavy atom. The molecule has 1 saturated heterocycles. The first-order valence-electron chi connectivity index (χ1n) is 12.6. The number of fused-ring (bicyclic) bond motifs is 1. The Labute approximate surface area is 229 Å². The molecule has 2 aromatic heterocycles. The normalized spacial score (nSPS) is 21.1. The molecule has 40 heavy (non-hydrogen) atoms. The number of nitrogens with zero attached hydrogens (tertiary/aromatic N) is 4. The molecule has 2 aromatic carbocycles. The highest BCUT2D eigenvalue weighted by atomic mass is 31.2. The number of aliphatic hydroxyl groups is 1. The van der Waals surface area contributed by atoms with Gasteiger partial charge >= 0.3 is 13.7 Å². The molecule has 1 aliphatic heterocycles. The summed E-state index contributed by atoms with van der Waals surface area (Å²) in [5.41, 5.74) is 7.47. The predicted octanol–water partition coefficient (Wildman–Crippen LogP) is 2.98. The number of imidazole rings is 1. The zero-order valence-corrected chi connectivity index (χ0v) is 22.5. The van der Waals surface area contributed by atoms with E-state index in [-0.39, 0.29) is 31.2 Å². The fourth-order valence-electron chi connectivity index (χ4n) is 4.18. The van der Waals surface area contributed by atoms with Crippen LogP contribution in [0.15, 0.2) is 73.3 Å². The van der Waals surface area contributed by atoms with Crippen LogP contribution in [0.3, 0.4) is 0 Å². The largest absolute Gasteiger partial charge is 0.460 e. The third kappa shape index (κ3) is 6.46. The number of rotatable bonds is 11. The van der Waals surface area contributed by atoms with E-state index >= 15 is 0 Å². The van der Waals surface area contributed by atoms with Gasteiger partial charge in [-0.1, -0.05) is 48.5 Å². The summed E-state index contributed by atoms with van der Waals surface area (Å²) < 4.78 is 38.1. The van der Waals surface area contributed by atoms with E-state index in [0.29, 0.717) is 11.2 Å². The Balaban J connectivity index is 1.25. The first-order valence-corrected chi connectivity index (χ1v) is 14.1.